The molecule has 2 heterocycles. The largest absolute Gasteiger partial charge is 0.342 e. The van der Waals surface area contributed by atoms with Crippen molar-refractivity contribution < 1.29 is 9.69 Å². The number of benzene rings is 1. The number of aromatic nitrogens is 3. The van der Waals surface area contributed by atoms with Gasteiger partial charge in [-0.15, -0.1) is 10.2 Å². The second-order valence-corrected chi connectivity index (χ2v) is 9.05. The molecule has 1 N–H and O–H groups in total. The van der Waals surface area contributed by atoms with Crippen LogP contribution >= 0.6 is 11.8 Å². The van der Waals surface area contributed by atoms with E-state index < -0.39 is 0 Å². The van der Waals surface area contributed by atoms with Crippen LogP contribution < -0.4 is 4.90 Å². The molecule has 0 unspecified atom stereocenters. The number of carbonyl (C=O) groups excluding carboxylic acids is 1. The van der Waals surface area contributed by atoms with Gasteiger partial charge in [0.05, 0.1) is 25.9 Å². The van der Waals surface area contributed by atoms with Crippen molar-refractivity contribution in [2.75, 3.05) is 27.2 Å². The number of thioether (sulfide) groups is 1. The third-order valence-corrected chi connectivity index (χ3v) is 6.46. The van der Waals surface area contributed by atoms with Crippen molar-refractivity contribution in [3.63, 3.8) is 0 Å². The summed E-state index contributed by atoms with van der Waals surface area (Å²) in [5.41, 5.74) is 1.22. The molecule has 1 fully saturated rings. The van der Waals surface area contributed by atoms with E-state index in [9.17, 15) is 4.79 Å². The monoisotopic (exact) mass is 402 g/mol. The molecule has 1 aromatic carbocycles. The summed E-state index contributed by atoms with van der Waals surface area (Å²) in [5, 5.41) is 9.74. The quantitative estimate of drug-likeness (QED) is 0.687. The van der Waals surface area contributed by atoms with Crippen LogP contribution in [0.3, 0.4) is 0 Å². The number of carbonyl (C=O) groups is 1. The number of amides is 1. The molecule has 7 heteroatoms. The molecule has 0 bridgehead atoms. The highest BCUT2D eigenvalue weighted by Gasteiger charge is 2.29. The maximum Gasteiger partial charge on any atom is 0.235 e. The van der Waals surface area contributed by atoms with E-state index in [2.05, 4.69) is 60.0 Å². The molecule has 2 aromatic rings. The van der Waals surface area contributed by atoms with Crippen LogP contribution in [-0.4, -0.2) is 58.0 Å². The van der Waals surface area contributed by atoms with Crippen molar-refractivity contribution in [2.45, 2.75) is 56.1 Å². The van der Waals surface area contributed by atoms with Gasteiger partial charge in [-0.25, -0.2) is 0 Å². The number of likely N-dealkylation sites (tertiary alicyclic amines) is 1. The highest BCUT2D eigenvalue weighted by Crippen LogP contribution is 2.27. The molecule has 6 nitrogen and oxygen atoms in total. The molecule has 1 aliphatic rings. The van der Waals surface area contributed by atoms with Crippen molar-refractivity contribution in [1.82, 2.24) is 19.7 Å². The van der Waals surface area contributed by atoms with Gasteiger partial charge >= 0.3 is 0 Å². The van der Waals surface area contributed by atoms with E-state index in [4.69, 9.17) is 0 Å². The third kappa shape index (κ3) is 4.75. The van der Waals surface area contributed by atoms with Crippen molar-refractivity contribution in [2.24, 2.45) is 0 Å². The molecular formula is C21H32N5OS+. The second kappa shape index (κ2) is 9.56. The summed E-state index contributed by atoms with van der Waals surface area (Å²) >= 11 is 1.53. The Kier molecular flexibility index (Phi) is 7.13. The highest BCUT2D eigenvalue weighted by atomic mass is 32.2. The second-order valence-electron chi connectivity index (χ2n) is 7.74. The normalized spacial score (nSPS) is 16.5. The summed E-state index contributed by atoms with van der Waals surface area (Å²) in [7, 11) is 4.31. The molecule has 1 amide bonds. The molecule has 2 atom stereocenters. The van der Waals surface area contributed by atoms with Gasteiger partial charge in [-0.2, -0.15) is 0 Å². The van der Waals surface area contributed by atoms with Crippen molar-refractivity contribution in [3.8, 4) is 0 Å². The van der Waals surface area contributed by atoms with Crippen LogP contribution in [0.5, 0.6) is 0 Å². The molecule has 152 valence electrons. The maximum absolute atomic E-state index is 12.8. The Morgan fingerprint density at radius 2 is 1.86 bits per heavy atom. The third-order valence-electron chi connectivity index (χ3n) is 5.39. The fourth-order valence-electron chi connectivity index (χ4n) is 3.81. The number of nitrogens with zero attached hydrogens (tertiary/aromatic N) is 4. The molecule has 0 radical (unpaired) electrons. The minimum atomic E-state index is -0.156. The maximum atomic E-state index is 12.8. The van der Waals surface area contributed by atoms with Gasteiger partial charge in [0, 0.05) is 19.5 Å². The Bertz CT molecular complexity index is 770. The van der Waals surface area contributed by atoms with Gasteiger partial charge in [0.1, 0.15) is 6.04 Å². The minimum absolute atomic E-state index is 0.156. The summed E-state index contributed by atoms with van der Waals surface area (Å²) in [6.45, 7) is 6.66. The van der Waals surface area contributed by atoms with Crippen LogP contribution in [0.4, 0.5) is 0 Å². The minimum Gasteiger partial charge on any atom is -0.342 e. The molecule has 1 saturated heterocycles. The zero-order valence-corrected chi connectivity index (χ0v) is 18.2. The smallest absolute Gasteiger partial charge is 0.235 e. The Morgan fingerprint density at radius 1 is 1.18 bits per heavy atom. The summed E-state index contributed by atoms with van der Waals surface area (Å²) in [6.07, 6.45) is 3.21. The number of nitrogens with one attached hydrogen (secondary N) is 1. The molecule has 0 aliphatic carbocycles. The lowest BCUT2D eigenvalue weighted by Crippen LogP contribution is -3.06. The van der Waals surface area contributed by atoms with Crippen molar-refractivity contribution >= 4 is 17.7 Å². The van der Waals surface area contributed by atoms with E-state index in [0.717, 1.165) is 49.9 Å². The molecule has 3 rings (SSSR count). The zero-order valence-electron chi connectivity index (χ0n) is 17.4. The first-order valence-electron chi connectivity index (χ1n) is 10.2. The van der Waals surface area contributed by atoms with Gasteiger partial charge in [-0.1, -0.05) is 49.0 Å². The SMILES string of the molecule is CC[C@H](c1nnc(S[C@H](C)C(=O)N2CCCC2)n1Cc1ccccc1)[NH+](C)C. The van der Waals surface area contributed by atoms with Gasteiger partial charge in [-0.3, -0.25) is 9.36 Å². The van der Waals surface area contributed by atoms with Crippen LogP contribution in [0.2, 0.25) is 0 Å². The number of hydrogen-bond acceptors (Lipinski definition) is 4. The average molecular weight is 403 g/mol. The van der Waals surface area contributed by atoms with Gasteiger partial charge < -0.3 is 9.80 Å². The van der Waals surface area contributed by atoms with Crippen LogP contribution in [0.15, 0.2) is 35.5 Å². The van der Waals surface area contributed by atoms with Crippen LogP contribution in [0.25, 0.3) is 0 Å². The fourth-order valence-corrected chi connectivity index (χ4v) is 4.75. The van der Waals surface area contributed by atoms with Crippen LogP contribution in [-0.2, 0) is 11.3 Å². The Morgan fingerprint density at radius 3 is 2.46 bits per heavy atom. The van der Waals surface area contributed by atoms with Crippen molar-refractivity contribution in [3.05, 3.63) is 41.7 Å². The molecule has 0 saturated carbocycles. The summed E-state index contributed by atoms with van der Waals surface area (Å²) in [5.74, 6) is 1.21. The fraction of sp³-hybridized carbons (Fsp3) is 0.571. The molecular weight excluding hydrogens is 370 g/mol. The molecule has 28 heavy (non-hydrogen) atoms. The van der Waals surface area contributed by atoms with E-state index in [1.165, 1.54) is 22.2 Å². The summed E-state index contributed by atoms with van der Waals surface area (Å²) < 4.78 is 2.20. The molecule has 1 aliphatic heterocycles. The first-order valence-corrected chi connectivity index (χ1v) is 11.1. The number of hydrogen-bond donors (Lipinski definition) is 1. The van der Waals surface area contributed by atoms with E-state index >= 15 is 0 Å². The van der Waals surface area contributed by atoms with E-state index in [1.54, 1.807) is 0 Å². The zero-order chi connectivity index (χ0) is 20.1. The Balaban J connectivity index is 1.87. The summed E-state index contributed by atoms with van der Waals surface area (Å²) in [6, 6.07) is 10.7. The number of rotatable bonds is 8. The molecule has 1 aromatic heterocycles. The van der Waals surface area contributed by atoms with Gasteiger partial charge in [-0.05, 0) is 25.3 Å². The Labute approximate surface area is 172 Å². The lowest BCUT2D eigenvalue weighted by atomic mass is 10.2. The predicted molar refractivity (Wildman–Crippen MR) is 113 cm³/mol. The lowest BCUT2D eigenvalue weighted by molar-refractivity contribution is -0.893. The average Bonchev–Trinajstić information content (AvgIpc) is 3.34. The molecule has 0 spiro atoms. The number of quaternary nitrogens is 1. The topological polar surface area (TPSA) is 55.5 Å². The van der Waals surface area contributed by atoms with Gasteiger partial charge in [0.15, 0.2) is 11.0 Å². The van der Waals surface area contributed by atoms with Crippen LogP contribution in [0, 0.1) is 0 Å². The van der Waals surface area contributed by atoms with E-state index in [0.29, 0.717) is 0 Å². The van der Waals surface area contributed by atoms with Gasteiger partial charge in [0.2, 0.25) is 5.91 Å². The van der Waals surface area contributed by atoms with E-state index in [-0.39, 0.29) is 17.2 Å². The first kappa shape index (κ1) is 20.9. The van der Waals surface area contributed by atoms with Crippen molar-refractivity contribution in [1.29, 1.82) is 0 Å². The first-order chi connectivity index (χ1) is 13.5. The highest BCUT2D eigenvalue weighted by molar-refractivity contribution is 8.00. The van der Waals surface area contributed by atoms with Crippen LogP contribution in [0.1, 0.15) is 50.5 Å². The predicted octanol–water partition coefficient (Wildman–Crippen LogP) is 2.03. The standard InChI is InChI=1S/C21H31N5OS/c1-5-18(24(3)4)19-22-23-21(26(19)15-17-11-7-6-8-12-17)28-16(2)20(27)25-13-9-10-14-25/h6-8,11-12,16,18H,5,9-10,13-15H2,1-4H3/p+1/t16-,18-/m1/s1. The summed E-state index contributed by atoms with van der Waals surface area (Å²) in [4.78, 5) is 16.1. The Hall–Kier alpha value is -1.86. The lowest BCUT2D eigenvalue weighted by Gasteiger charge is -2.22. The van der Waals surface area contributed by atoms with E-state index in [1.807, 2.05) is 17.9 Å². The van der Waals surface area contributed by atoms with Gasteiger partial charge in [0.25, 0.3) is 0 Å².